The summed E-state index contributed by atoms with van der Waals surface area (Å²) >= 11 is 0. The van der Waals surface area contributed by atoms with Gasteiger partial charge in [-0.15, -0.1) is 0 Å². The summed E-state index contributed by atoms with van der Waals surface area (Å²) < 4.78 is 37.6. The summed E-state index contributed by atoms with van der Waals surface area (Å²) in [5.41, 5.74) is 7.86. The van der Waals surface area contributed by atoms with Gasteiger partial charge >= 0.3 is 18.1 Å². The van der Waals surface area contributed by atoms with Gasteiger partial charge in [0.05, 0.1) is 0 Å². The van der Waals surface area contributed by atoms with Crippen molar-refractivity contribution in [1.82, 2.24) is 0 Å². The molecule has 0 radical (unpaired) electrons. The van der Waals surface area contributed by atoms with Gasteiger partial charge in [0.15, 0.2) is 5.54 Å². The molecule has 0 unspecified atom stereocenters. The van der Waals surface area contributed by atoms with Crippen molar-refractivity contribution in [3.8, 4) is 16.9 Å². The molecule has 4 N–H and O–H groups in total. The Kier molecular flexibility index (Phi) is 7.48. The molecule has 2 aromatic rings. The van der Waals surface area contributed by atoms with Crippen molar-refractivity contribution in [3.63, 3.8) is 0 Å². The molecule has 0 heterocycles. The Morgan fingerprint density at radius 2 is 1.44 bits per heavy atom. The maximum Gasteiger partial charge on any atom is 0.430 e. The first-order chi connectivity index (χ1) is 19.3. The quantitative estimate of drug-likeness (QED) is 0.307. The van der Waals surface area contributed by atoms with Crippen LogP contribution in [0.25, 0.3) is 17.2 Å². The van der Waals surface area contributed by atoms with Gasteiger partial charge in [0, 0.05) is 24.5 Å². The first-order valence-electron chi connectivity index (χ1n) is 13.8. The van der Waals surface area contributed by atoms with Gasteiger partial charge in [0.1, 0.15) is 11.7 Å². The Morgan fingerprint density at radius 1 is 0.927 bits per heavy atom. The molecular formula is C31H32F3NO6. The van der Waals surface area contributed by atoms with E-state index in [4.69, 9.17) is 19.7 Å². The highest BCUT2D eigenvalue weighted by Crippen LogP contribution is 2.62. The SMILES string of the molecule is O=C([O-])C(F)(F)F.[NH3+]C1(C(=O)Oc2ccc(-c3ccc(/C=C/C(=O)O)cc3)cc2C23CC4CC(CC(C4)C2)C3)CC1. The fraction of sp³-hybridized carbons (Fsp3) is 0.452. The first kappa shape index (κ1) is 28.9. The van der Waals surface area contributed by atoms with Crippen molar-refractivity contribution < 1.29 is 48.2 Å². The summed E-state index contributed by atoms with van der Waals surface area (Å²) in [5, 5.41) is 17.7. The number of carbonyl (C=O) groups excluding carboxylic acids is 2. The normalized spacial score (nSPS) is 27.2. The molecule has 0 atom stereocenters. The molecule has 218 valence electrons. The van der Waals surface area contributed by atoms with E-state index in [0.717, 1.165) is 59.1 Å². The second kappa shape index (κ2) is 10.6. The minimum absolute atomic E-state index is 0.0996. The van der Waals surface area contributed by atoms with Gasteiger partial charge in [-0.3, -0.25) is 0 Å². The highest BCUT2D eigenvalue weighted by molar-refractivity contribution is 5.86. The number of benzene rings is 2. The number of quaternary nitrogens is 1. The first-order valence-corrected chi connectivity index (χ1v) is 13.8. The van der Waals surface area contributed by atoms with Gasteiger partial charge in [-0.2, -0.15) is 13.2 Å². The topological polar surface area (TPSA) is 131 Å². The van der Waals surface area contributed by atoms with E-state index in [1.165, 1.54) is 44.1 Å². The number of halogens is 3. The highest BCUT2D eigenvalue weighted by Gasteiger charge is 2.55. The van der Waals surface area contributed by atoms with Crippen molar-refractivity contribution in [2.24, 2.45) is 17.8 Å². The van der Waals surface area contributed by atoms with Crippen molar-refractivity contribution in [2.75, 3.05) is 0 Å². The van der Waals surface area contributed by atoms with Crippen LogP contribution in [0.15, 0.2) is 48.5 Å². The van der Waals surface area contributed by atoms with Gasteiger partial charge in [-0.1, -0.05) is 30.3 Å². The van der Waals surface area contributed by atoms with E-state index in [9.17, 15) is 22.8 Å². The van der Waals surface area contributed by atoms with Crippen LogP contribution >= 0.6 is 0 Å². The van der Waals surface area contributed by atoms with E-state index in [1.807, 2.05) is 36.4 Å². The van der Waals surface area contributed by atoms with Crippen LogP contribution < -0.4 is 15.6 Å². The van der Waals surface area contributed by atoms with E-state index in [0.29, 0.717) is 0 Å². The van der Waals surface area contributed by atoms with Crippen LogP contribution in [0.5, 0.6) is 5.75 Å². The van der Waals surface area contributed by atoms with Gasteiger partial charge in [-0.05, 0) is 96.6 Å². The number of alkyl halides is 3. The second-order valence-corrected chi connectivity index (χ2v) is 12.2. The summed E-state index contributed by atoms with van der Waals surface area (Å²) in [5.74, 6) is -1.05. The van der Waals surface area contributed by atoms with Crippen LogP contribution in [0.1, 0.15) is 62.5 Å². The molecule has 0 saturated heterocycles. The van der Waals surface area contributed by atoms with Gasteiger partial charge in [0.2, 0.25) is 0 Å². The lowest BCUT2D eigenvalue weighted by molar-refractivity contribution is -0.423. The average molecular weight is 572 g/mol. The molecule has 0 spiro atoms. The summed E-state index contributed by atoms with van der Waals surface area (Å²) in [6.45, 7) is 0. The van der Waals surface area contributed by atoms with E-state index in [2.05, 4.69) is 11.8 Å². The van der Waals surface area contributed by atoms with Crippen LogP contribution in [0, 0.1) is 17.8 Å². The molecular weight excluding hydrogens is 539 g/mol. The minimum Gasteiger partial charge on any atom is -0.542 e. The molecule has 7 rings (SSSR count). The molecule has 5 fully saturated rings. The molecule has 5 saturated carbocycles. The van der Waals surface area contributed by atoms with Gasteiger partial charge in [-0.25, -0.2) is 9.59 Å². The predicted molar refractivity (Wildman–Crippen MR) is 140 cm³/mol. The third kappa shape index (κ3) is 6.32. The van der Waals surface area contributed by atoms with E-state index >= 15 is 0 Å². The van der Waals surface area contributed by atoms with Crippen molar-refractivity contribution in [3.05, 3.63) is 59.7 Å². The standard InChI is InChI=1S/C29H31NO4.C2HF3O2/c30-29(9-10-29)27(33)34-25-7-6-23(22-4-1-18(2-5-22)3-8-26(31)32)14-24(25)28-15-19-11-20(16-28)13-21(12-19)17-28;3-2(4,5)1(6)7/h1-8,14,19-21H,9-13,15-17,30H2,(H,31,32);(H,6,7)/b8-3+;. The van der Waals surface area contributed by atoms with Crippen LogP contribution in [0.2, 0.25) is 0 Å². The minimum atomic E-state index is -5.19. The third-order valence-electron chi connectivity index (χ3n) is 8.97. The molecule has 0 aliphatic heterocycles. The Bertz CT molecular complexity index is 1340. The van der Waals surface area contributed by atoms with Crippen molar-refractivity contribution >= 4 is 24.0 Å². The number of esters is 1. The smallest absolute Gasteiger partial charge is 0.430 e. The summed E-state index contributed by atoms with van der Waals surface area (Å²) in [6, 6.07) is 14.2. The molecule has 2 aromatic carbocycles. The number of carbonyl (C=O) groups is 3. The van der Waals surface area contributed by atoms with E-state index in [1.54, 1.807) is 6.08 Å². The molecule has 4 bridgehead atoms. The average Bonchev–Trinajstić information content (AvgIpc) is 3.65. The maximum atomic E-state index is 12.8. The lowest BCUT2D eigenvalue weighted by Gasteiger charge is -2.57. The zero-order chi connectivity index (χ0) is 29.6. The summed E-state index contributed by atoms with van der Waals surface area (Å²) in [4.78, 5) is 32.4. The molecule has 0 aromatic heterocycles. The van der Waals surface area contributed by atoms with Crippen LogP contribution in [-0.4, -0.2) is 34.7 Å². The van der Waals surface area contributed by atoms with E-state index in [-0.39, 0.29) is 11.4 Å². The lowest BCUT2D eigenvalue weighted by Crippen LogP contribution is -2.68. The molecule has 0 amide bonds. The zero-order valence-corrected chi connectivity index (χ0v) is 22.4. The van der Waals surface area contributed by atoms with Crippen LogP contribution in [0.4, 0.5) is 13.2 Å². The zero-order valence-electron chi connectivity index (χ0n) is 22.4. The number of aliphatic carboxylic acids is 2. The molecule has 7 nitrogen and oxygen atoms in total. The van der Waals surface area contributed by atoms with Crippen molar-refractivity contribution in [2.45, 2.75) is 68.5 Å². The molecule has 10 heteroatoms. The molecule has 5 aliphatic carbocycles. The maximum absolute atomic E-state index is 12.8. The molecule has 5 aliphatic rings. The monoisotopic (exact) mass is 571 g/mol. The number of carboxylic acid groups (broad SMARTS) is 2. The van der Waals surface area contributed by atoms with Crippen LogP contribution in [0.3, 0.4) is 0 Å². The van der Waals surface area contributed by atoms with Gasteiger partial charge in [0.25, 0.3) is 0 Å². The number of hydrogen-bond acceptors (Lipinski definition) is 5. The Morgan fingerprint density at radius 3 is 1.90 bits per heavy atom. The number of rotatable bonds is 6. The Hall–Kier alpha value is -3.66. The predicted octanol–water partition coefficient (Wildman–Crippen LogP) is 3.90. The fourth-order valence-electron chi connectivity index (χ4n) is 7.17. The van der Waals surface area contributed by atoms with Crippen LogP contribution in [-0.2, 0) is 19.8 Å². The van der Waals surface area contributed by atoms with Gasteiger partial charge < -0.3 is 25.5 Å². The fourth-order valence-corrected chi connectivity index (χ4v) is 7.17. The van der Waals surface area contributed by atoms with Crippen molar-refractivity contribution in [1.29, 1.82) is 0 Å². The summed E-state index contributed by atoms with van der Waals surface area (Å²) in [6.07, 6.45) is 6.84. The Balaban J connectivity index is 0.000000431. The summed E-state index contributed by atoms with van der Waals surface area (Å²) in [7, 11) is 0. The second-order valence-electron chi connectivity index (χ2n) is 12.2. The molecule has 41 heavy (non-hydrogen) atoms. The number of hydrogen-bond donors (Lipinski definition) is 2. The largest absolute Gasteiger partial charge is 0.542 e. The number of carboxylic acids is 2. The Labute approximate surface area is 235 Å². The lowest BCUT2D eigenvalue weighted by atomic mass is 9.48. The highest BCUT2D eigenvalue weighted by atomic mass is 19.4. The third-order valence-corrected chi connectivity index (χ3v) is 8.97. The van der Waals surface area contributed by atoms with E-state index < -0.39 is 23.7 Å². The number of ether oxygens (including phenoxy) is 1.